The van der Waals surface area contributed by atoms with Gasteiger partial charge in [0, 0.05) is 43.0 Å². The molecule has 0 radical (unpaired) electrons. The summed E-state index contributed by atoms with van der Waals surface area (Å²) < 4.78 is 2.38. The van der Waals surface area contributed by atoms with Crippen LogP contribution in [-0.4, -0.2) is 62.6 Å². The van der Waals surface area contributed by atoms with Crippen LogP contribution in [0.15, 0.2) is 24.5 Å². The Bertz CT molecular complexity index is 760. The molecule has 1 saturated heterocycles. The zero-order chi connectivity index (χ0) is 18.1. The first-order chi connectivity index (χ1) is 12.6. The molecule has 3 heterocycles. The number of nitrogens with zero attached hydrogens (tertiary/aromatic N) is 6. The van der Waals surface area contributed by atoms with Gasteiger partial charge in [0.2, 0.25) is 0 Å². The van der Waals surface area contributed by atoms with Gasteiger partial charge in [-0.15, -0.1) is 10.2 Å². The molecule has 1 amide bonds. The number of carbonyl (C=O) groups excluding carboxylic acids is 1. The van der Waals surface area contributed by atoms with Gasteiger partial charge in [0.25, 0.3) is 5.91 Å². The Hall–Kier alpha value is -2.28. The highest BCUT2D eigenvalue weighted by Gasteiger charge is 2.34. The van der Waals surface area contributed by atoms with E-state index in [9.17, 15) is 4.79 Å². The number of carbonyl (C=O) groups is 1. The van der Waals surface area contributed by atoms with Crippen molar-refractivity contribution in [2.45, 2.75) is 44.2 Å². The minimum atomic E-state index is 0.0998. The largest absolute Gasteiger partial charge is 0.339 e. The Kier molecular flexibility index (Phi) is 4.72. The van der Waals surface area contributed by atoms with Gasteiger partial charge < -0.3 is 14.4 Å². The van der Waals surface area contributed by atoms with E-state index in [1.165, 1.54) is 12.8 Å². The van der Waals surface area contributed by atoms with Gasteiger partial charge in [-0.3, -0.25) is 9.78 Å². The van der Waals surface area contributed by atoms with Gasteiger partial charge in [0.1, 0.15) is 11.6 Å². The number of amides is 1. The average Bonchev–Trinajstić information content (AvgIpc) is 3.42. The number of rotatable bonds is 5. The van der Waals surface area contributed by atoms with Crippen molar-refractivity contribution >= 4 is 5.91 Å². The van der Waals surface area contributed by atoms with Crippen LogP contribution >= 0.6 is 0 Å². The van der Waals surface area contributed by atoms with Crippen molar-refractivity contribution in [2.75, 3.05) is 27.2 Å². The summed E-state index contributed by atoms with van der Waals surface area (Å²) >= 11 is 0. The smallest absolute Gasteiger partial charge is 0.253 e. The molecular weight excluding hydrogens is 328 g/mol. The molecule has 2 aliphatic rings. The first-order valence-corrected chi connectivity index (χ1v) is 9.41. The van der Waals surface area contributed by atoms with Gasteiger partial charge >= 0.3 is 0 Å². The van der Waals surface area contributed by atoms with Crippen LogP contribution in [0.1, 0.15) is 59.6 Å². The van der Waals surface area contributed by atoms with E-state index >= 15 is 0 Å². The molecule has 0 spiro atoms. The van der Waals surface area contributed by atoms with Crippen LogP contribution in [0.2, 0.25) is 0 Å². The summed E-state index contributed by atoms with van der Waals surface area (Å²) in [7, 11) is 4.13. The van der Waals surface area contributed by atoms with Gasteiger partial charge in [0.05, 0.1) is 6.54 Å². The number of hydrogen-bond donors (Lipinski definition) is 0. The Morgan fingerprint density at radius 1 is 1.12 bits per heavy atom. The second-order valence-corrected chi connectivity index (χ2v) is 7.62. The SMILES string of the molecule is CN(C)Cc1nnc(C2CCN(C(=O)c3ccncc3)CC2)n1C1CC1. The molecule has 2 aromatic heterocycles. The fourth-order valence-corrected chi connectivity index (χ4v) is 3.75. The second-order valence-electron chi connectivity index (χ2n) is 7.62. The monoisotopic (exact) mass is 354 g/mol. The van der Waals surface area contributed by atoms with Crippen molar-refractivity contribution in [3.8, 4) is 0 Å². The van der Waals surface area contributed by atoms with E-state index in [1.807, 2.05) is 4.90 Å². The lowest BCUT2D eigenvalue weighted by atomic mass is 9.95. The highest BCUT2D eigenvalue weighted by atomic mass is 16.2. The van der Waals surface area contributed by atoms with Crippen molar-refractivity contribution < 1.29 is 4.79 Å². The van der Waals surface area contributed by atoms with E-state index < -0.39 is 0 Å². The number of pyridine rings is 1. The minimum absolute atomic E-state index is 0.0998. The molecule has 7 nitrogen and oxygen atoms in total. The molecule has 26 heavy (non-hydrogen) atoms. The van der Waals surface area contributed by atoms with Crippen LogP contribution < -0.4 is 0 Å². The normalized spacial score (nSPS) is 18.5. The van der Waals surface area contributed by atoms with Crippen molar-refractivity contribution in [1.29, 1.82) is 0 Å². The molecule has 138 valence electrons. The number of hydrogen-bond acceptors (Lipinski definition) is 5. The highest BCUT2D eigenvalue weighted by molar-refractivity contribution is 5.94. The number of likely N-dealkylation sites (tertiary alicyclic amines) is 1. The van der Waals surface area contributed by atoms with E-state index in [1.54, 1.807) is 24.5 Å². The molecule has 1 aliphatic carbocycles. The van der Waals surface area contributed by atoms with E-state index in [0.717, 1.165) is 44.1 Å². The van der Waals surface area contributed by atoms with Gasteiger partial charge in [0.15, 0.2) is 0 Å². The predicted molar refractivity (Wildman–Crippen MR) is 97.8 cm³/mol. The molecule has 7 heteroatoms. The Morgan fingerprint density at radius 2 is 1.81 bits per heavy atom. The highest BCUT2D eigenvalue weighted by Crippen LogP contribution is 2.40. The zero-order valence-corrected chi connectivity index (χ0v) is 15.5. The minimum Gasteiger partial charge on any atom is -0.339 e. The van der Waals surface area contributed by atoms with Crippen molar-refractivity contribution in [1.82, 2.24) is 29.5 Å². The summed E-state index contributed by atoms with van der Waals surface area (Å²) in [6.07, 6.45) is 7.69. The molecule has 1 saturated carbocycles. The van der Waals surface area contributed by atoms with Crippen LogP contribution in [0.25, 0.3) is 0 Å². The summed E-state index contributed by atoms with van der Waals surface area (Å²) in [6, 6.07) is 4.14. The summed E-state index contributed by atoms with van der Waals surface area (Å²) in [5.74, 6) is 2.69. The molecule has 2 aromatic rings. The lowest BCUT2D eigenvalue weighted by Crippen LogP contribution is -2.38. The fraction of sp³-hybridized carbons (Fsp3) is 0.579. The molecular formula is C19H26N6O. The van der Waals surface area contributed by atoms with Crippen LogP contribution in [0.3, 0.4) is 0 Å². The van der Waals surface area contributed by atoms with Crippen LogP contribution in [0.5, 0.6) is 0 Å². The maximum atomic E-state index is 12.6. The number of aromatic nitrogens is 4. The third-order valence-corrected chi connectivity index (χ3v) is 5.24. The van der Waals surface area contributed by atoms with E-state index in [4.69, 9.17) is 0 Å². The summed E-state index contributed by atoms with van der Waals surface area (Å²) in [4.78, 5) is 20.7. The first-order valence-electron chi connectivity index (χ1n) is 9.41. The topological polar surface area (TPSA) is 67.2 Å². The van der Waals surface area contributed by atoms with Crippen molar-refractivity contribution in [3.05, 3.63) is 41.7 Å². The third-order valence-electron chi connectivity index (χ3n) is 5.24. The molecule has 0 N–H and O–H groups in total. The summed E-state index contributed by atoms with van der Waals surface area (Å²) in [5, 5.41) is 9.04. The van der Waals surface area contributed by atoms with Gasteiger partial charge in [-0.2, -0.15) is 0 Å². The van der Waals surface area contributed by atoms with Gasteiger partial charge in [-0.1, -0.05) is 0 Å². The Balaban J connectivity index is 1.45. The molecule has 0 aromatic carbocycles. The summed E-state index contributed by atoms with van der Waals surface area (Å²) in [6.45, 7) is 2.36. The Morgan fingerprint density at radius 3 is 2.42 bits per heavy atom. The van der Waals surface area contributed by atoms with Crippen LogP contribution in [-0.2, 0) is 6.54 Å². The molecule has 2 fully saturated rings. The van der Waals surface area contributed by atoms with E-state index in [2.05, 4.69) is 38.7 Å². The molecule has 1 aliphatic heterocycles. The molecule has 0 bridgehead atoms. The van der Waals surface area contributed by atoms with E-state index in [0.29, 0.717) is 17.5 Å². The average molecular weight is 354 g/mol. The lowest BCUT2D eigenvalue weighted by Gasteiger charge is -2.32. The maximum absolute atomic E-state index is 12.6. The van der Waals surface area contributed by atoms with Crippen LogP contribution in [0, 0.1) is 0 Å². The van der Waals surface area contributed by atoms with Crippen molar-refractivity contribution in [2.24, 2.45) is 0 Å². The number of piperidine rings is 1. The molecule has 0 unspecified atom stereocenters. The van der Waals surface area contributed by atoms with E-state index in [-0.39, 0.29) is 5.91 Å². The second kappa shape index (κ2) is 7.15. The first kappa shape index (κ1) is 17.1. The van der Waals surface area contributed by atoms with Crippen molar-refractivity contribution in [3.63, 3.8) is 0 Å². The maximum Gasteiger partial charge on any atom is 0.253 e. The lowest BCUT2D eigenvalue weighted by molar-refractivity contribution is 0.0710. The van der Waals surface area contributed by atoms with Gasteiger partial charge in [-0.25, -0.2) is 0 Å². The summed E-state index contributed by atoms with van der Waals surface area (Å²) in [5.41, 5.74) is 0.716. The zero-order valence-electron chi connectivity index (χ0n) is 15.5. The standard InChI is InChI=1S/C19H26N6O/c1-23(2)13-17-21-22-18(25(17)16-3-4-16)14-7-11-24(12-8-14)19(26)15-5-9-20-10-6-15/h5-6,9-10,14,16H,3-4,7-8,11-13H2,1-2H3. The molecule has 0 atom stereocenters. The Labute approximate surface area is 154 Å². The van der Waals surface area contributed by atoms with Gasteiger partial charge in [-0.05, 0) is 51.9 Å². The van der Waals surface area contributed by atoms with Crippen LogP contribution in [0.4, 0.5) is 0 Å². The fourth-order valence-electron chi connectivity index (χ4n) is 3.75. The molecule has 4 rings (SSSR count). The predicted octanol–water partition coefficient (Wildman–Crippen LogP) is 2.09. The third kappa shape index (κ3) is 3.49. The quantitative estimate of drug-likeness (QED) is 0.822.